The van der Waals surface area contributed by atoms with Gasteiger partial charge in [-0.1, -0.05) is 24.8 Å². The molecule has 0 saturated heterocycles. The average Bonchev–Trinajstić information content (AvgIpc) is 2.75. The maximum Gasteiger partial charge on any atom is 1.00 e. The molecule has 0 aliphatic carbocycles. The Labute approximate surface area is 149 Å². The third-order valence-electron chi connectivity index (χ3n) is 2.43. The van der Waals surface area contributed by atoms with Crippen LogP contribution in [0.25, 0.3) is 0 Å². The zero-order valence-corrected chi connectivity index (χ0v) is 13.3. The third-order valence-corrected chi connectivity index (χ3v) is 2.43. The standard InChI is InChI=1S/C13H12O4.K.H/c1-2-3-10(13(14)15)6-9-4-5-11-12(7-9)17-8-16-11;;/h2-5,7H,1,6,8H2,(H,14,15);;/q;+1;-1. The molecule has 0 unspecified atom stereocenters. The van der Waals surface area contributed by atoms with Crippen molar-refractivity contribution in [2.24, 2.45) is 0 Å². The molecule has 1 N–H and O–H groups in total. The molecule has 1 aromatic carbocycles. The smallest absolute Gasteiger partial charge is 1.00 e. The van der Waals surface area contributed by atoms with Crippen molar-refractivity contribution in [2.75, 3.05) is 6.79 Å². The van der Waals surface area contributed by atoms with E-state index in [1.807, 2.05) is 6.07 Å². The van der Waals surface area contributed by atoms with Crippen molar-refractivity contribution >= 4 is 5.97 Å². The van der Waals surface area contributed by atoms with E-state index in [2.05, 4.69) is 6.58 Å². The van der Waals surface area contributed by atoms with E-state index >= 15 is 0 Å². The summed E-state index contributed by atoms with van der Waals surface area (Å²) in [6.45, 7) is 3.71. The maximum absolute atomic E-state index is 11.0. The minimum Gasteiger partial charge on any atom is -1.00 e. The van der Waals surface area contributed by atoms with Crippen molar-refractivity contribution in [1.29, 1.82) is 0 Å². The third kappa shape index (κ3) is 3.70. The number of hydrogen-bond acceptors (Lipinski definition) is 3. The summed E-state index contributed by atoms with van der Waals surface area (Å²) in [7, 11) is 0. The van der Waals surface area contributed by atoms with E-state index in [9.17, 15) is 4.79 Å². The summed E-state index contributed by atoms with van der Waals surface area (Å²) >= 11 is 0. The fraction of sp³-hybridized carbons (Fsp3) is 0.154. The molecule has 1 aromatic rings. The number of fused-ring (bicyclic) bond motifs is 1. The maximum atomic E-state index is 11.0. The molecule has 0 aromatic heterocycles. The van der Waals surface area contributed by atoms with E-state index in [-0.39, 0.29) is 59.6 Å². The Balaban J connectivity index is 0.00000162. The monoisotopic (exact) mass is 272 g/mol. The van der Waals surface area contributed by atoms with Crippen LogP contribution < -0.4 is 60.9 Å². The van der Waals surface area contributed by atoms with Gasteiger partial charge in [0.1, 0.15) is 0 Å². The minimum absolute atomic E-state index is 0. The van der Waals surface area contributed by atoms with Crippen LogP contribution in [0.4, 0.5) is 0 Å². The van der Waals surface area contributed by atoms with Gasteiger partial charge in [-0.05, 0) is 17.7 Å². The summed E-state index contributed by atoms with van der Waals surface area (Å²) in [4.78, 5) is 11.0. The normalized spacial score (nSPS) is 12.8. The SMILES string of the molecule is C=CC=C(Cc1ccc2c(c1)OCO2)C(=O)O.[H-].[K+]. The second kappa shape index (κ2) is 7.11. The summed E-state index contributed by atoms with van der Waals surface area (Å²) in [5.74, 6) is 0.409. The van der Waals surface area contributed by atoms with Gasteiger partial charge >= 0.3 is 57.4 Å². The molecular formula is C13H13KO4. The molecule has 5 heteroatoms. The number of aliphatic carboxylic acids is 1. The van der Waals surface area contributed by atoms with Gasteiger partial charge in [0.25, 0.3) is 0 Å². The van der Waals surface area contributed by atoms with Crippen molar-refractivity contribution in [3.63, 3.8) is 0 Å². The Morgan fingerprint density at radius 2 is 2.17 bits per heavy atom. The number of rotatable bonds is 4. The Bertz CT molecular complexity index is 499. The fourth-order valence-corrected chi connectivity index (χ4v) is 1.62. The largest absolute Gasteiger partial charge is 1.00 e. The van der Waals surface area contributed by atoms with Gasteiger partial charge in [0.05, 0.1) is 0 Å². The van der Waals surface area contributed by atoms with Crippen molar-refractivity contribution < 1.29 is 72.2 Å². The molecule has 1 heterocycles. The van der Waals surface area contributed by atoms with Gasteiger partial charge in [0.15, 0.2) is 11.5 Å². The van der Waals surface area contributed by atoms with Crippen LogP contribution in [0, 0.1) is 0 Å². The van der Waals surface area contributed by atoms with Crippen LogP contribution in [0.15, 0.2) is 42.5 Å². The summed E-state index contributed by atoms with van der Waals surface area (Å²) in [6.07, 6.45) is 3.29. The Hall–Kier alpha value is -0.594. The van der Waals surface area contributed by atoms with E-state index < -0.39 is 5.97 Å². The summed E-state index contributed by atoms with van der Waals surface area (Å²) in [5, 5.41) is 8.99. The number of carbonyl (C=O) groups is 1. The molecule has 1 aliphatic heterocycles. The molecular weight excluding hydrogens is 259 g/mol. The van der Waals surface area contributed by atoms with Gasteiger partial charge in [0.2, 0.25) is 6.79 Å². The van der Waals surface area contributed by atoms with Crippen molar-refractivity contribution in [2.45, 2.75) is 6.42 Å². The van der Waals surface area contributed by atoms with Crippen molar-refractivity contribution in [3.05, 3.63) is 48.1 Å². The van der Waals surface area contributed by atoms with Crippen LogP contribution in [0.2, 0.25) is 0 Å². The molecule has 0 spiro atoms. The van der Waals surface area contributed by atoms with Crippen LogP contribution in [0.5, 0.6) is 11.5 Å². The van der Waals surface area contributed by atoms with Gasteiger partial charge in [0, 0.05) is 12.0 Å². The first-order valence-corrected chi connectivity index (χ1v) is 5.14. The molecule has 1 aliphatic rings. The quantitative estimate of drug-likeness (QED) is 0.446. The topological polar surface area (TPSA) is 55.8 Å². The van der Waals surface area contributed by atoms with Gasteiger partial charge in [-0.15, -0.1) is 0 Å². The predicted molar refractivity (Wildman–Crippen MR) is 63.3 cm³/mol. The molecule has 0 saturated carbocycles. The molecule has 18 heavy (non-hydrogen) atoms. The molecule has 0 atom stereocenters. The summed E-state index contributed by atoms with van der Waals surface area (Å²) < 4.78 is 10.4. The molecule has 90 valence electrons. The van der Waals surface area contributed by atoms with Gasteiger partial charge in [-0.3, -0.25) is 0 Å². The van der Waals surface area contributed by atoms with E-state index in [1.54, 1.807) is 12.1 Å². The predicted octanol–water partition coefficient (Wildman–Crippen LogP) is -0.729. The Morgan fingerprint density at radius 3 is 2.83 bits per heavy atom. The minimum atomic E-state index is -0.942. The van der Waals surface area contributed by atoms with Crippen LogP contribution >= 0.6 is 0 Å². The van der Waals surface area contributed by atoms with E-state index in [0.29, 0.717) is 23.5 Å². The second-order valence-corrected chi connectivity index (χ2v) is 3.60. The first-order chi connectivity index (χ1) is 8.20. The molecule has 0 amide bonds. The zero-order chi connectivity index (χ0) is 12.3. The zero-order valence-electron chi connectivity index (χ0n) is 11.2. The molecule has 4 nitrogen and oxygen atoms in total. The molecule has 0 radical (unpaired) electrons. The van der Waals surface area contributed by atoms with Crippen LogP contribution in [-0.2, 0) is 11.2 Å². The number of benzene rings is 1. The summed E-state index contributed by atoms with van der Waals surface area (Å²) in [6, 6.07) is 5.40. The number of carboxylic acid groups (broad SMARTS) is 1. The van der Waals surface area contributed by atoms with Gasteiger partial charge in [-0.25, -0.2) is 4.79 Å². The van der Waals surface area contributed by atoms with E-state index in [1.165, 1.54) is 12.2 Å². The van der Waals surface area contributed by atoms with Gasteiger partial charge < -0.3 is 16.0 Å². The Morgan fingerprint density at radius 1 is 1.44 bits per heavy atom. The van der Waals surface area contributed by atoms with E-state index in [0.717, 1.165) is 5.56 Å². The first-order valence-electron chi connectivity index (χ1n) is 5.14. The van der Waals surface area contributed by atoms with E-state index in [4.69, 9.17) is 14.6 Å². The fourth-order valence-electron chi connectivity index (χ4n) is 1.62. The van der Waals surface area contributed by atoms with Crippen molar-refractivity contribution in [3.8, 4) is 11.5 Å². The second-order valence-electron chi connectivity index (χ2n) is 3.60. The molecule has 0 fully saturated rings. The average molecular weight is 272 g/mol. The van der Waals surface area contributed by atoms with Crippen LogP contribution in [0.1, 0.15) is 6.99 Å². The number of ether oxygens (including phenoxy) is 2. The van der Waals surface area contributed by atoms with Crippen molar-refractivity contribution in [1.82, 2.24) is 0 Å². The van der Waals surface area contributed by atoms with Crippen LogP contribution in [0.3, 0.4) is 0 Å². The molecule has 0 bridgehead atoms. The number of carboxylic acids is 1. The number of allylic oxidation sites excluding steroid dienone is 2. The summed E-state index contributed by atoms with van der Waals surface area (Å²) in [5.41, 5.74) is 1.16. The Kier molecular flexibility index (Phi) is 6.11. The number of hydrogen-bond donors (Lipinski definition) is 1. The molecule has 2 rings (SSSR count). The first kappa shape index (κ1) is 15.5. The van der Waals surface area contributed by atoms with Crippen LogP contribution in [-0.4, -0.2) is 17.9 Å². The van der Waals surface area contributed by atoms with Gasteiger partial charge in [-0.2, -0.15) is 0 Å².